The summed E-state index contributed by atoms with van der Waals surface area (Å²) in [5, 5.41) is 5.50. The Morgan fingerprint density at radius 1 is 1.22 bits per heavy atom. The van der Waals surface area contributed by atoms with E-state index < -0.39 is 0 Å². The van der Waals surface area contributed by atoms with E-state index in [9.17, 15) is 9.59 Å². The molecule has 5 heteroatoms. The number of carbonyl (C=O) groups excluding carboxylic acids is 2. The first-order chi connectivity index (χ1) is 8.61. The quantitative estimate of drug-likeness (QED) is 0.703. The summed E-state index contributed by atoms with van der Waals surface area (Å²) in [6.07, 6.45) is 1.16. The SMILES string of the molecule is CC(=O)Nc1ccc(CNC(=O)CCCN)cc1. The molecule has 1 aromatic rings. The van der Waals surface area contributed by atoms with Crippen LogP contribution in [0.1, 0.15) is 25.3 Å². The van der Waals surface area contributed by atoms with Crippen molar-refractivity contribution in [2.24, 2.45) is 5.73 Å². The van der Waals surface area contributed by atoms with Gasteiger partial charge in [-0.15, -0.1) is 0 Å². The van der Waals surface area contributed by atoms with E-state index in [1.807, 2.05) is 24.3 Å². The normalized spacial score (nSPS) is 9.89. The lowest BCUT2D eigenvalue weighted by Crippen LogP contribution is -2.23. The van der Waals surface area contributed by atoms with E-state index in [1.165, 1.54) is 6.92 Å². The van der Waals surface area contributed by atoms with E-state index in [0.29, 0.717) is 25.9 Å². The van der Waals surface area contributed by atoms with Crippen molar-refractivity contribution in [2.45, 2.75) is 26.3 Å². The highest BCUT2D eigenvalue weighted by atomic mass is 16.2. The van der Waals surface area contributed by atoms with Crippen molar-refractivity contribution in [3.8, 4) is 0 Å². The first-order valence-corrected chi connectivity index (χ1v) is 5.95. The number of benzene rings is 1. The smallest absolute Gasteiger partial charge is 0.221 e. The number of amides is 2. The van der Waals surface area contributed by atoms with Gasteiger partial charge in [0.25, 0.3) is 0 Å². The Kier molecular flexibility index (Phi) is 5.87. The molecule has 0 aliphatic rings. The average molecular weight is 249 g/mol. The fourth-order valence-corrected chi connectivity index (χ4v) is 1.46. The Morgan fingerprint density at radius 2 is 1.89 bits per heavy atom. The molecule has 0 bridgehead atoms. The van der Waals surface area contributed by atoms with Gasteiger partial charge in [-0.2, -0.15) is 0 Å². The molecule has 2 amide bonds. The van der Waals surface area contributed by atoms with E-state index in [-0.39, 0.29) is 11.8 Å². The van der Waals surface area contributed by atoms with Gasteiger partial charge in [-0.1, -0.05) is 12.1 Å². The molecule has 0 saturated carbocycles. The van der Waals surface area contributed by atoms with Gasteiger partial charge >= 0.3 is 0 Å². The minimum Gasteiger partial charge on any atom is -0.352 e. The molecule has 0 atom stereocenters. The first-order valence-electron chi connectivity index (χ1n) is 5.95. The molecule has 98 valence electrons. The zero-order valence-corrected chi connectivity index (χ0v) is 10.5. The first kappa shape index (κ1) is 14.2. The summed E-state index contributed by atoms with van der Waals surface area (Å²) in [5.41, 5.74) is 7.07. The molecule has 0 saturated heterocycles. The van der Waals surface area contributed by atoms with Crippen LogP contribution in [0.15, 0.2) is 24.3 Å². The van der Waals surface area contributed by atoms with E-state index in [4.69, 9.17) is 5.73 Å². The van der Waals surface area contributed by atoms with Gasteiger partial charge in [0, 0.05) is 25.6 Å². The van der Waals surface area contributed by atoms with E-state index in [0.717, 1.165) is 11.3 Å². The molecule has 0 fully saturated rings. The second-order valence-electron chi connectivity index (χ2n) is 4.05. The van der Waals surface area contributed by atoms with Crippen molar-refractivity contribution in [1.29, 1.82) is 0 Å². The van der Waals surface area contributed by atoms with Crippen molar-refractivity contribution < 1.29 is 9.59 Å². The Bertz CT molecular complexity index is 401. The number of rotatable bonds is 6. The molecule has 5 nitrogen and oxygen atoms in total. The number of anilines is 1. The Labute approximate surface area is 107 Å². The second kappa shape index (κ2) is 7.45. The molecule has 0 heterocycles. The van der Waals surface area contributed by atoms with Crippen LogP contribution in [0.25, 0.3) is 0 Å². The van der Waals surface area contributed by atoms with Crippen molar-refractivity contribution in [2.75, 3.05) is 11.9 Å². The summed E-state index contributed by atoms with van der Waals surface area (Å²) in [4.78, 5) is 22.2. The van der Waals surface area contributed by atoms with Gasteiger partial charge in [0.1, 0.15) is 0 Å². The lowest BCUT2D eigenvalue weighted by atomic mass is 10.2. The number of carbonyl (C=O) groups is 2. The Hall–Kier alpha value is -1.88. The van der Waals surface area contributed by atoms with Gasteiger partial charge in [-0.05, 0) is 30.7 Å². The highest BCUT2D eigenvalue weighted by molar-refractivity contribution is 5.88. The molecular weight excluding hydrogens is 230 g/mol. The number of hydrogen-bond acceptors (Lipinski definition) is 3. The van der Waals surface area contributed by atoms with Crippen LogP contribution in [-0.2, 0) is 16.1 Å². The molecule has 4 N–H and O–H groups in total. The molecule has 0 aliphatic carbocycles. The maximum absolute atomic E-state index is 11.4. The predicted molar refractivity (Wildman–Crippen MR) is 70.9 cm³/mol. The number of nitrogens with two attached hydrogens (primary N) is 1. The molecule has 1 aromatic carbocycles. The second-order valence-corrected chi connectivity index (χ2v) is 4.05. The highest BCUT2D eigenvalue weighted by Crippen LogP contribution is 2.09. The van der Waals surface area contributed by atoms with Gasteiger partial charge in [-0.25, -0.2) is 0 Å². The van der Waals surface area contributed by atoms with Gasteiger partial charge in [-0.3, -0.25) is 9.59 Å². The molecule has 0 spiro atoms. The summed E-state index contributed by atoms with van der Waals surface area (Å²) in [6.45, 7) is 2.48. The largest absolute Gasteiger partial charge is 0.352 e. The summed E-state index contributed by atoms with van der Waals surface area (Å²) in [7, 11) is 0. The third-order valence-corrected chi connectivity index (χ3v) is 2.37. The van der Waals surface area contributed by atoms with E-state index in [1.54, 1.807) is 0 Å². The molecule has 0 aliphatic heterocycles. The summed E-state index contributed by atoms with van der Waals surface area (Å²) < 4.78 is 0. The molecular formula is C13H19N3O2. The summed E-state index contributed by atoms with van der Waals surface area (Å²) in [6, 6.07) is 7.36. The zero-order valence-electron chi connectivity index (χ0n) is 10.5. The summed E-state index contributed by atoms with van der Waals surface area (Å²) >= 11 is 0. The number of nitrogens with one attached hydrogen (secondary N) is 2. The lowest BCUT2D eigenvalue weighted by molar-refractivity contribution is -0.121. The minimum absolute atomic E-state index is 0.00591. The Morgan fingerprint density at radius 3 is 2.44 bits per heavy atom. The standard InChI is InChI=1S/C13H19N3O2/c1-10(17)16-12-6-4-11(5-7-12)9-15-13(18)3-2-8-14/h4-7H,2-3,8-9,14H2,1H3,(H,15,18)(H,16,17). The minimum atomic E-state index is -0.0992. The number of hydrogen-bond donors (Lipinski definition) is 3. The predicted octanol–water partition coefficient (Wildman–Crippen LogP) is 1.00. The van der Waals surface area contributed by atoms with Crippen LogP contribution in [0, 0.1) is 0 Å². The van der Waals surface area contributed by atoms with Crippen LogP contribution >= 0.6 is 0 Å². The van der Waals surface area contributed by atoms with E-state index in [2.05, 4.69) is 10.6 Å². The highest BCUT2D eigenvalue weighted by Gasteiger charge is 2.01. The molecule has 1 rings (SSSR count). The van der Waals surface area contributed by atoms with Crippen molar-refractivity contribution in [3.63, 3.8) is 0 Å². The lowest BCUT2D eigenvalue weighted by Gasteiger charge is -2.06. The van der Waals surface area contributed by atoms with Crippen LogP contribution < -0.4 is 16.4 Å². The van der Waals surface area contributed by atoms with Gasteiger partial charge in [0.15, 0.2) is 0 Å². The maximum Gasteiger partial charge on any atom is 0.221 e. The van der Waals surface area contributed by atoms with Gasteiger partial charge in [0.2, 0.25) is 11.8 Å². The van der Waals surface area contributed by atoms with Crippen molar-refractivity contribution in [1.82, 2.24) is 5.32 Å². The molecule has 0 aromatic heterocycles. The van der Waals surface area contributed by atoms with Crippen LogP contribution in [0.4, 0.5) is 5.69 Å². The Balaban J connectivity index is 2.39. The van der Waals surface area contributed by atoms with Crippen LogP contribution in [0.5, 0.6) is 0 Å². The third kappa shape index (κ3) is 5.45. The zero-order chi connectivity index (χ0) is 13.4. The average Bonchev–Trinajstić information content (AvgIpc) is 2.35. The molecule has 18 heavy (non-hydrogen) atoms. The van der Waals surface area contributed by atoms with Gasteiger partial charge < -0.3 is 16.4 Å². The molecule has 0 radical (unpaired) electrons. The van der Waals surface area contributed by atoms with Crippen LogP contribution in [-0.4, -0.2) is 18.4 Å². The van der Waals surface area contributed by atoms with Crippen molar-refractivity contribution >= 4 is 17.5 Å². The molecule has 0 unspecified atom stereocenters. The summed E-state index contributed by atoms with van der Waals surface area (Å²) in [5.74, 6) is -0.0933. The van der Waals surface area contributed by atoms with Gasteiger partial charge in [0.05, 0.1) is 0 Å². The van der Waals surface area contributed by atoms with E-state index >= 15 is 0 Å². The van der Waals surface area contributed by atoms with Crippen LogP contribution in [0.2, 0.25) is 0 Å². The van der Waals surface area contributed by atoms with Crippen LogP contribution in [0.3, 0.4) is 0 Å². The van der Waals surface area contributed by atoms with Crippen molar-refractivity contribution in [3.05, 3.63) is 29.8 Å². The third-order valence-electron chi connectivity index (χ3n) is 2.37. The monoisotopic (exact) mass is 249 g/mol. The topological polar surface area (TPSA) is 84.2 Å². The fraction of sp³-hybridized carbons (Fsp3) is 0.385. The maximum atomic E-state index is 11.4. The fourth-order valence-electron chi connectivity index (χ4n) is 1.46.